The van der Waals surface area contributed by atoms with Crippen molar-refractivity contribution in [1.82, 2.24) is 15.6 Å². The average molecular weight is 568 g/mol. The first-order valence-electron chi connectivity index (χ1n) is 10.9. The molecule has 204 valence electrons. The number of methoxy groups -OCH3 is 1. The molecular formula is C22H25N5O9S2. The number of aromatic nitrogens is 1. The van der Waals surface area contributed by atoms with Crippen LogP contribution in [0.5, 0.6) is 11.5 Å². The van der Waals surface area contributed by atoms with Gasteiger partial charge in [-0.15, -0.1) is 11.3 Å². The second kappa shape index (κ2) is 12.5. The molecule has 0 bridgehead atoms. The van der Waals surface area contributed by atoms with Gasteiger partial charge in [0.05, 0.1) is 12.7 Å². The van der Waals surface area contributed by atoms with Gasteiger partial charge < -0.3 is 40.9 Å². The van der Waals surface area contributed by atoms with E-state index >= 15 is 0 Å². The smallest absolute Gasteiger partial charge is 0.339 e. The van der Waals surface area contributed by atoms with E-state index in [4.69, 9.17) is 20.0 Å². The van der Waals surface area contributed by atoms with E-state index in [1.165, 1.54) is 19.4 Å². The molecule has 1 aromatic heterocycles. The van der Waals surface area contributed by atoms with E-state index in [0.717, 1.165) is 36.3 Å². The molecule has 14 nitrogen and oxygen atoms in total. The molecule has 0 saturated carbocycles. The number of amides is 2. The van der Waals surface area contributed by atoms with Crippen LogP contribution in [0.4, 0.5) is 5.13 Å². The number of thioether (sulfide) groups is 1. The summed E-state index contributed by atoms with van der Waals surface area (Å²) in [4.78, 5) is 60.2. The summed E-state index contributed by atoms with van der Waals surface area (Å²) < 4.78 is 10.1. The number of carbonyl (C=O) groups is 4. The number of hydrogen-bond acceptors (Lipinski definition) is 14. The SMILES string of the molecule is CO/N=C(\C(=O)N[C@H]1COC(=O)c2c(C)c(O)cc(O)c2CSC[C@@H](C(=O)OC)NC1=O)c1csc(N)n1. The summed E-state index contributed by atoms with van der Waals surface area (Å²) in [7, 11) is 2.35. The van der Waals surface area contributed by atoms with Crippen LogP contribution in [0.25, 0.3) is 0 Å². The third-order valence-electron chi connectivity index (χ3n) is 5.35. The Labute approximate surface area is 224 Å². The molecule has 0 unspecified atom stereocenters. The maximum atomic E-state index is 13.1. The third-order valence-corrected chi connectivity index (χ3v) is 7.08. The predicted molar refractivity (Wildman–Crippen MR) is 137 cm³/mol. The number of esters is 2. The van der Waals surface area contributed by atoms with Crippen LogP contribution in [0.2, 0.25) is 0 Å². The first-order chi connectivity index (χ1) is 18.1. The molecule has 1 aliphatic heterocycles. The molecule has 1 aliphatic rings. The summed E-state index contributed by atoms with van der Waals surface area (Å²) in [5, 5.41) is 30.7. The average Bonchev–Trinajstić information content (AvgIpc) is 3.31. The second-order valence-corrected chi connectivity index (χ2v) is 9.73. The van der Waals surface area contributed by atoms with Crippen molar-refractivity contribution < 1.29 is 43.7 Å². The highest BCUT2D eigenvalue weighted by Crippen LogP contribution is 2.35. The molecule has 2 amide bonds. The zero-order chi connectivity index (χ0) is 28.0. The van der Waals surface area contributed by atoms with Gasteiger partial charge in [0.25, 0.3) is 5.91 Å². The second-order valence-electron chi connectivity index (χ2n) is 7.81. The van der Waals surface area contributed by atoms with Crippen molar-refractivity contribution in [1.29, 1.82) is 0 Å². The van der Waals surface area contributed by atoms with Crippen molar-refractivity contribution in [3.8, 4) is 11.5 Å². The van der Waals surface area contributed by atoms with Crippen LogP contribution in [-0.2, 0) is 34.4 Å². The molecule has 0 aliphatic carbocycles. The summed E-state index contributed by atoms with van der Waals surface area (Å²) in [5.41, 5.74) is 5.63. The van der Waals surface area contributed by atoms with Crippen molar-refractivity contribution in [3.05, 3.63) is 33.8 Å². The summed E-state index contributed by atoms with van der Waals surface area (Å²) in [5.74, 6) is -4.10. The molecule has 0 saturated heterocycles. The molecule has 3 rings (SSSR count). The van der Waals surface area contributed by atoms with Crippen molar-refractivity contribution in [2.24, 2.45) is 5.16 Å². The first-order valence-corrected chi connectivity index (χ1v) is 12.9. The summed E-state index contributed by atoms with van der Waals surface area (Å²) >= 11 is 2.16. The summed E-state index contributed by atoms with van der Waals surface area (Å²) in [6.07, 6.45) is 0. The number of oxime groups is 1. The zero-order valence-electron chi connectivity index (χ0n) is 20.5. The number of ether oxygens (including phenoxy) is 2. The van der Waals surface area contributed by atoms with Gasteiger partial charge in [-0.1, -0.05) is 5.16 Å². The molecular weight excluding hydrogens is 542 g/mol. The number of thiazole rings is 1. The zero-order valence-corrected chi connectivity index (χ0v) is 22.1. The number of anilines is 1. The number of nitrogen functional groups attached to an aromatic ring is 1. The number of nitrogens with one attached hydrogen (secondary N) is 2. The molecule has 2 aromatic rings. The quantitative estimate of drug-likeness (QED) is 0.184. The minimum absolute atomic E-state index is 0.00140. The lowest BCUT2D eigenvalue weighted by atomic mass is 10.0. The van der Waals surface area contributed by atoms with Crippen molar-refractivity contribution in [2.45, 2.75) is 24.8 Å². The Hall–Kier alpha value is -4.05. The van der Waals surface area contributed by atoms with Crippen LogP contribution in [-0.4, -0.2) is 83.3 Å². The van der Waals surface area contributed by atoms with E-state index in [2.05, 4.69) is 20.8 Å². The van der Waals surface area contributed by atoms with Crippen LogP contribution in [0.3, 0.4) is 0 Å². The van der Waals surface area contributed by atoms with Crippen molar-refractivity contribution in [2.75, 3.05) is 32.3 Å². The molecule has 6 N–H and O–H groups in total. The molecule has 0 spiro atoms. The van der Waals surface area contributed by atoms with Crippen LogP contribution < -0.4 is 16.4 Å². The first kappa shape index (κ1) is 28.5. The van der Waals surface area contributed by atoms with Gasteiger partial charge in [0, 0.05) is 34.1 Å². The van der Waals surface area contributed by atoms with Gasteiger partial charge in [-0.3, -0.25) is 9.59 Å². The maximum Gasteiger partial charge on any atom is 0.339 e. The van der Waals surface area contributed by atoms with Crippen LogP contribution >= 0.6 is 23.1 Å². The van der Waals surface area contributed by atoms with E-state index < -0.39 is 42.4 Å². The number of nitrogens with two attached hydrogens (primary N) is 1. The number of hydrogen-bond donors (Lipinski definition) is 5. The molecule has 1 aromatic carbocycles. The number of phenols is 2. The molecule has 0 radical (unpaired) electrons. The van der Waals surface area contributed by atoms with Gasteiger partial charge in [-0.05, 0) is 6.92 Å². The predicted octanol–water partition coefficient (Wildman–Crippen LogP) is 0.0418. The highest BCUT2D eigenvalue weighted by Gasteiger charge is 2.32. The van der Waals surface area contributed by atoms with Crippen LogP contribution in [0.1, 0.15) is 27.2 Å². The summed E-state index contributed by atoms with van der Waals surface area (Å²) in [6.45, 7) is 0.786. The lowest BCUT2D eigenvalue weighted by molar-refractivity contribution is -0.144. The fourth-order valence-corrected chi connectivity index (χ4v) is 5.04. The number of fused-ring (bicyclic) bond motifs is 1. The monoisotopic (exact) mass is 567 g/mol. The normalized spacial score (nSPS) is 18.7. The topological polar surface area (TPSA) is 212 Å². The van der Waals surface area contributed by atoms with E-state index in [1.54, 1.807) is 0 Å². The molecule has 16 heteroatoms. The Balaban J connectivity index is 1.97. The van der Waals surface area contributed by atoms with Gasteiger partial charge in [0.1, 0.15) is 43.0 Å². The standard InChI is InChI=1S/C22H25N5O9S2/c1-9-14(28)4-15(29)10-6-37-7-13(20(32)34-2)25-18(30)11(5-36-21(33)16(9)10)24-19(31)17(27-35-3)12-8-38-22(23)26-12/h4,8,11,13,28-29H,5-7H2,1-3H3,(H2,23,26)(H,24,31)(H,25,30)/b27-17-/t11-,13-/m0/s1. The minimum Gasteiger partial charge on any atom is -0.508 e. The van der Waals surface area contributed by atoms with E-state index in [0.29, 0.717) is 0 Å². The molecule has 38 heavy (non-hydrogen) atoms. The number of phenolic OH excluding ortho intramolecular Hbond substituents is 2. The van der Waals surface area contributed by atoms with E-state index in [-0.39, 0.29) is 56.2 Å². The Morgan fingerprint density at radius 2 is 2.03 bits per heavy atom. The minimum atomic E-state index is -1.50. The van der Waals surface area contributed by atoms with Gasteiger partial charge in [0.15, 0.2) is 10.8 Å². The lowest BCUT2D eigenvalue weighted by Crippen LogP contribution is -2.55. The van der Waals surface area contributed by atoms with Gasteiger partial charge in [0.2, 0.25) is 5.91 Å². The number of aromatic hydroxyl groups is 2. The number of benzene rings is 1. The molecule has 2 atom stereocenters. The van der Waals surface area contributed by atoms with Gasteiger partial charge >= 0.3 is 11.9 Å². The van der Waals surface area contributed by atoms with Crippen molar-refractivity contribution >= 4 is 57.7 Å². The van der Waals surface area contributed by atoms with Crippen molar-refractivity contribution in [3.63, 3.8) is 0 Å². The Morgan fingerprint density at radius 1 is 1.29 bits per heavy atom. The van der Waals surface area contributed by atoms with Crippen LogP contribution in [0, 0.1) is 6.92 Å². The third kappa shape index (κ3) is 6.44. The summed E-state index contributed by atoms with van der Waals surface area (Å²) in [6, 6.07) is -1.55. The number of cyclic esters (lactones) is 1. The number of carbonyl (C=O) groups excluding carboxylic acids is 4. The Bertz CT molecular complexity index is 1280. The maximum absolute atomic E-state index is 13.1. The van der Waals surface area contributed by atoms with E-state index in [9.17, 15) is 29.4 Å². The molecule has 0 fully saturated rings. The van der Waals surface area contributed by atoms with E-state index in [1.807, 2.05) is 0 Å². The van der Waals surface area contributed by atoms with Gasteiger partial charge in [-0.25, -0.2) is 14.6 Å². The van der Waals surface area contributed by atoms with Gasteiger partial charge in [-0.2, -0.15) is 11.8 Å². The highest BCUT2D eigenvalue weighted by molar-refractivity contribution is 7.98. The Kier molecular flexibility index (Phi) is 9.35. The molecule has 2 heterocycles. The number of rotatable bonds is 5. The lowest BCUT2D eigenvalue weighted by Gasteiger charge is -2.24. The van der Waals surface area contributed by atoms with Crippen LogP contribution in [0.15, 0.2) is 16.6 Å². The Morgan fingerprint density at radius 3 is 2.66 bits per heavy atom. The fourth-order valence-electron chi connectivity index (χ4n) is 3.42. The number of nitrogens with zero attached hydrogens (tertiary/aromatic N) is 2. The highest BCUT2D eigenvalue weighted by atomic mass is 32.2. The fraction of sp³-hybridized carbons (Fsp3) is 0.364. The largest absolute Gasteiger partial charge is 0.508 e.